The molecule has 2 N–H and O–H groups in total. The molecule has 0 unspecified atom stereocenters. The summed E-state index contributed by atoms with van der Waals surface area (Å²) in [5.41, 5.74) is -4.15. The highest BCUT2D eigenvalue weighted by atomic mass is 32.2. The van der Waals surface area contributed by atoms with E-state index >= 15 is 4.39 Å². The SMILES string of the molecule is COc1cc(F)c(-n2c(=O)[nH]c3csc(C(=O)O)c3c2=O)cc1N(Cc1c(OC)ccc(F)c1F)S(C)(=O)=O. The molecule has 0 spiro atoms. The van der Waals surface area contributed by atoms with Crippen molar-refractivity contribution >= 4 is 43.9 Å². The van der Waals surface area contributed by atoms with Gasteiger partial charge in [0.05, 0.1) is 54.9 Å². The molecular formula is C23H18F3N3O8S2. The Bertz CT molecular complexity index is 1870. The molecule has 2 heterocycles. The second-order valence-corrected chi connectivity index (χ2v) is 10.8. The van der Waals surface area contributed by atoms with E-state index in [9.17, 15) is 36.7 Å². The van der Waals surface area contributed by atoms with Gasteiger partial charge in [0.15, 0.2) is 17.5 Å². The minimum Gasteiger partial charge on any atom is -0.496 e. The van der Waals surface area contributed by atoms with Gasteiger partial charge in [-0.1, -0.05) is 0 Å². The number of carbonyl (C=O) groups is 1. The number of fused-ring (bicyclic) bond motifs is 1. The number of H-pyrrole nitrogens is 1. The van der Waals surface area contributed by atoms with Crippen LogP contribution in [0.25, 0.3) is 16.6 Å². The number of sulfonamides is 1. The Hall–Kier alpha value is -4.31. The maximum absolute atomic E-state index is 15.3. The van der Waals surface area contributed by atoms with Gasteiger partial charge in [0.25, 0.3) is 5.56 Å². The number of benzene rings is 2. The smallest absolute Gasteiger partial charge is 0.346 e. The molecular weight excluding hydrogens is 567 g/mol. The third kappa shape index (κ3) is 4.83. The lowest BCUT2D eigenvalue weighted by atomic mass is 10.1. The van der Waals surface area contributed by atoms with Crippen LogP contribution in [-0.2, 0) is 16.6 Å². The van der Waals surface area contributed by atoms with Crippen LogP contribution >= 0.6 is 11.3 Å². The molecule has 0 saturated carbocycles. The second-order valence-electron chi connectivity index (χ2n) is 8.02. The van der Waals surface area contributed by atoms with Crippen LogP contribution in [0.1, 0.15) is 15.2 Å². The highest BCUT2D eigenvalue weighted by Gasteiger charge is 2.29. The predicted molar refractivity (Wildman–Crippen MR) is 135 cm³/mol. The van der Waals surface area contributed by atoms with Crippen molar-refractivity contribution in [3.63, 3.8) is 0 Å². The third-order valence-corrected chi connectivity index (χ3v) is 7.77. The van der Waals surface area contributed by atoms with Crippen molar-refractivity contribution in [1.82, 2.24) is 9.55 Å². The summed E-state index contributed by atoms with van der Waals surface area (Å²) in [4.78, 5) is 39.5. The molecule has 2 aromatic heterocycles. The molecule has 4 aromatic rings. The first-order valence-electron chi connectivity index (χ1n) is 10.7. The summed E-state index contributed by atoms with van der Waals surface area (Å²) >= 11 is 0.664. The van der Waals surface area contributed by atoms with Crippen LogP contribution in [-0.4, -0.2) is 49.5 Å². The number of anilines is 1. The summed E-state index contributed by atoms with van der Waals surface area (Å²) in [6, 6.07) is 3.33. The zero-order valence-electron chi connectivity index (χ0n) is 20.2. The molecule has 16 heteroatoms. The number of ether oxygens (including phenoxy) is 2. The molecule has 206 valence electrons. The Morgan fingerprint density at radius 2 is 1.77 bits per heavy atom. The van der Waals surface area contributed by atoms with Gasteiger partial charge in [-0.05, 0) is 18.2 Å². The molecule has 0 fully saturated rings. The fourth-order valence-corrected chi connectivity index (χ4v) is 5.61. The van der Waals surface area contributed by atoms with Crippen molar-refractivity contribution in [2.24, 2.45) is 0 Å². The Labute approximate surface area is 221 Å². The van der Waals surface area contributed by atoms with Gasteiger partial charge in [-0.3, -0.25) is 9.10 Å². The molecule has 0 aliphatic heterocycles. The molecule has 0 aliphatic carbocycles. The van der Waals surface area contributed by atoms with Crippen molar-refractivity contribution in [3.05, 3.63) is 78.4 Å². The Morgan fingerprint density at radius 3 is 2.36 bits per heavy atom. The normalized spacial score (nSPS) is 11.5. The number of hydrogen-bond acceptors (Lipinski definition) is 8. The first kappa shape index (κ1) is 27.7. The van der Waals surface area contributed by atoms with Gasteiger partial charge in [-0.25, -0.2) is 35.7 Å². The largest absolute Gasteiger partial charge is 0.496 e. The topological polar surface area (TPSA) is 148 Å². The van der Waals surface area contributed by atoms with E-state index < -0.39 is 84.2 Å². The number of nitrogens with one attached hydrogen (secondary N) is 1. The van der Waals surface area contributed by atoms with Crippen LogP contribution in [0.4, 0.5) is 18.9 Å². The van der Waals surface area contributed by atoms with E-state index in [1.54, 1.807) is 0 Å². The first-order valence-corrected chi connectivity index (χ1v) is 13.4. The van der Waals surface area contributed by atoms with Crippen molar-refractivity contribution in [3.8, 4) is 17.2 Å². The monoisotopic (exact) mass is 585 g/mol. The number of hydrogen-bond donors (Lipinski definition) is 2. The number of aromatic amines is 1. The van der Waals surface area contributed by atoms with E-state index in [4.69, 9.17) is 9.47 Å². The van der Waals surface area contributed by atoms with Crippen molar-refractivity contribution in [2.45, 2.75) is 6.54 Å². The summed E-state index contributed by atoms with van der Waals surface area (Å²) in [6.45, 7) is -0.856. The van der Waals surface area contributed by atoms with Crippen molar-refractivity contribution in [1.29, 1.82) is 0 Å². The summed E-state index contributed by atoms with van der Waals surface area (Å²) in [5.74, 6) is -5.96. The van der Waals surface area contributed by atoms with Gasteiger partial charge < -0.3 is 19.6 Å². The van der Waals surface area contributed by atoms with Crippen LogP contribution < -0.4 is 25.0 Å². The molecule has 39 heavy (non-hydrogen) atoms. The molecule has 4 rings (SSSR count). The highest BCUT2D eigenvalue weighted by Crippen LogP contribution is 2.37. The molecule has 0 bridgehead atoms. The first-order chi connectivity index (χ1) is 18.3. The predicted octanol–water partition coefficient (Wildman–Crippen LogP) is 2.84. The van der Waals surface area contributed by atoms with Gasteiger partial charge in [0.1, 0.15) is 16.4 Å². The lowest BCUT2D eigenvalue weighted by molar-refractivity contribution is 0.0704. The minimum atomic E-state index is -4.34. The number of thiophene rings is 1. The van der Waals surface area contributed by atoms with Crippen molar-refractivity contribution in [2.75, 3.05) is 24.8 Å². The number of methoxy groups -OCH3 is 2. The zero-order chi connectivity index (χ0) is 28.8. The van der Waals surface area contributed by atoms with Gasteiger partial charge in [-0.2, -0.15) is 0 Å². The fraction of sp³-hybridized carbons (Fsp3) is 0.174. The average molecular weight is 586 g/mol. The van der Waals surface area contributed by atoms with E-state index in [1.165, 1.54) is 5.38 Å². The summed E-state index contributed by atoms with van der Waals surface area (Å²) in [6.07, 6.45) is 0.731. The van der Waals surface area contributed by atoms with Gasteiger partial charge in [-0.15, -0.1) is 11.3 Å². The molecule has 0 radical (unpaired) electrons. The van der Waals surface area contributed by atoms with E-state index in [-0.39, 0.29) is 11.3 Å². The molecule has 0 saturated heterocycles. The van der Waals surface area contributed by atoms with Gasteiger partial charge in [0.2, 0.25) is 10.0 Å². The van der Waals surface area contributed by atoms with Crippen LogP contribution in [0.3, 0.4) is 0 Å². The van der Waals surface area contributed by atoms with E-state index in [1.807, 2.05) is 0 Å². The fourth-order valence-electron chi connectivity index (χ4n) is 3.91. The number of rotatable bonds is 8. The quantitative estimate of drug-likeness (QED) is 0.321. The van der Waals surface area contributed by atoms with Crippen LogP contribution in [0.15, 0.2) is 39.2 Å². The van der Waals surface area contributed by atoms with E-state index in [0.717, 1.165) is 38.7 Å². The number of nitrogens with zero attached hydrogens (tertiary/aromatic N) is 2. The van der Waals surface area contributed by atoms with Crippen molar-refractivity contribution < 1.29 is 41.0 Å². The Balaban J connectivity index is 2.02. The summed E-state index contributed by atoms with van der Waals surface area (Å²) in [5, 5.41) is 10.2. The van der Waals surface area contributed by atoms with Crippen LogP contribution in [0, 0.1) is 17.5 Å². The van der Waals surface area contributed by atoms with E-state index in [2.05, 4.69) is 4.98 Å². The van der Waals surface area contributed by atoms with Gasteiger partial charge in [0, 0.05) is 11.4 Å². The van der Waals surface area contributed by atoms with E-state index in [0.29, 0.717) is 26.3 Å². The molecule has 0 atom stereocenters. The lowest BCUT2D eigenvalue weighted by Gasteiger charge is -2.26. The molecule has 0 amide bonds. The number of carboxylic acids is 1. The summed E-state index contributed by atoms with van der Waals surface area (Å²) < 4.78 is 80.7. The van der Waals surface area contributed by atoms with Crippen LogP contribution in [0.2, 0.25) is 0 Å². The number of aromatic nitrogens is 2. The van der Waals surface area contributed by atoms with Crippen LogP contribution in [0.5, 0.6) is 11.5 Å². The number of halogens is 3. The maximum Gasteiger partial charge on any atom is 0.346 e. The molecule has 11 nitrogen and oxygen atoms in total. The van der Waals surface area contributed by atoms with Gasteiger partial charge >= 0.3 is 11.7 Å². The lowest BCUT2D eigenvalue weighted by Crippen LogP contribution is -2.35. The third-order valence-electron chi connectivity index (χ3n) is 5.68. The standard InChI is InChI=1S/C23H18F3N3O8S2/c1-36-16-5-4-11(24)19(26)10(16)8-28(39(3,34)35)15-7-14(12(25)6-17(15)37-2)29-21(30)18-13(27-23(29)33)9-38-20(18)22(31)32/h4-7,9H,8H2,1-3H3,(H,27,33)(H,31,32). The molecule has 2 aromatic carbocycles. The zero-order valence-corrected chi connectivity index (χ0v) is 21.9. The Morgan fingerprint density at radius 1 is 1.10 bits per heavy atom. The number of carboxylic acid groups (broad SMARTS) is 1. The second kappa shape index (κ2) is 10.1. The average Bonchev–Trinajstić information content (AvgIpc) is 3.29. The highest BCUT2D eigenvalue weighted by molar-refractivity contribution is 7.92. The number of aromatic carboxylic acids is 1. The summed E-state index contributed by atoms with van der Waals surface area (Å²) in [7, 11) is -2.11. The maximum atomic E-state index is 15.3. The Kier molecular flexibility index (Phi) is 7.18. The minimum absolute atomic E-state index is 0.0933. The molecule has 0 aliphatic rings.